The molecule has 0 aliphatic rings. The first-order valence-corrected chi connectivity index (χ1v) is 7.02. The second-order valence-corrected chi connectivity index (χ2v) is 5.78. The maximum Gasteiger partial charge on any atom is 0.264 e. The summed E-state index contributed by atoms with van der Waals surface area (Å²) >= 11 is 5.63. The Bertz CT molecular complexity index is 719. The standard InChI is InChI=1S/C12H9ClFNO3S/c13-8-5-6-10(11(16)7-8)15-19(17,18)12-4-2-1-3-9(12)14/h1-7,15-16H. The SMILES string of the molecule is O=S(=O)(Nc1ccc(Cl)cc1O)c1ccccc1F. The van der Waals surface area contributed by atoms with Gasteiger partial charge in [-0.05, 0) is 24.3 Å². The summed E-state index contributed by atoms with van der Waals surface area (Å²) in [5.41, 5.74) is -0.0762. The number of hydrogen-bond acceptors (Lipinski definition) is 3. The number of phenols is 1. The van der Waals surface area contributed by atoms with Crippen molar-refractivity contribution in [2.24, 2.45) is 0 Å². The predicted molar refractivity (Wildman–Crippen MR) is 70.3 cm³/mol. The van der Waals surface area contributed by atoms with Crippen molar-refractivity contribution in [1.29, 1.82) is 0 Å². The molecule has 0 aromatic heterocycles. The van der Waals surface area contributed by atoms with E-state index < -0.39 is 20.7 Å². The van der Waals surface area contributed by atoms with Crippen LogP contribution in [0.3, 0.4) is 0 Å². The Morgan fingerprint density at radius 3 is 2.47 bits per heavy atom. The molecule has 0 atom stereocenters. The molecule has 0 saturated carbocycles. The van der Waals surface area contributed by atoms with Gasteiger partial charge in [-0.2, -0.15) is 0 Å². The molecular formula is C12H9ClFNO3S. The normalized spacial score (nSPS) is 11.3. The van der Waals surface area contributed by atoms with Gasteiger partial charge in [-0.15, -0.1) is 0 Å². The van der Waals surface area contributed by atoms with E-state index in [1.165, 1.54) is 30.3 Å². The van der Waals surface area contributed by atoms with Crippen molar-refractivity contribution in [3.05, 3.63) is 53.3 Å². The Balaban J connectivity index is 2.40. The van der Waals surface area contributed by atoms with Crippen LogP contribution in [0.25, 0.3) is 0 Å². The molecule has 2 rings (SSSR count). The minimum atomic E-state index is -4.11. The van der Waals surface area contributed by atoms with Gasteiger partial charge in [-0.25, -0.2) is 12.8 Å². The molecule has 0 saturated heterocycles. The lowest BCUT2D eigenvalue weighted by Gasteiger charge is -2.10. The molecular weight excluding hydrogens is 293 g/mol. The first-order chi connectivity index (χ1) is 8.90. The summed E-state index contributed by atoms with van der Waals surface area (Å²) in [4.78, 5) is -0.496. The van der Waals surface area contributed by atoms with E-state index in [0.29, 0.717) is 0 Å². The Kier molecular flexibility index (Phi) is 3.64. The van der Waals surface area contributed by atoms with Crippen molar-refractivity contribution in [2.75, 3.05) is 4.72 Å². The number of nitrogens with one attached hydrogen (secondary N) is 1. The lowest BCUT2D eigenvalue weighted by atomic mass is 10.3. The summed E-state index contributed by atoms with van der Waals surface area (Å²) in [5.74, 6) is -1.21. The summed E-state index contributed by atoms with van der Waals surface area (Å²) in [6.07, 6.45) is 0. The van der Waals surface area contributed by atoms with Gasteiger partial charge in [0.15, 0.2) is 0 Å². The van der Waals surface area contributed by atoms with Gasteiger partial charge in [-0.1, -0.05) is 23.7 Å². The van der Waals surface area contributed by atoms with Crippen molar-refractivity contribution >= 4 is 27.3 Å². The molecule has 0 amide bonds. The van der Waals surface area contributed by atoms with E-state index in [1.807, 2.05) is 0 Å². The highest BCUT2D eigenvalue weighted by atomic mass is 35.5. The summed E-state index contributed by atoms with van der Waals surface area (Å²) in [6, 6.07) is 8.83. The molecule has 0 spiro atoms. The van der Waals surface area contributed by atoms with Gasteiger partial charge in [-0.3, -0.25) is 4.72 Å². The van der Waals surface area contributed by atoms with Crippen molar-refractivity contribution in [1.82, 2.24) is 0 Å². The third kappa shape index (κ3) is 2.97. The number of rotatable bonds is 3. The van der Waals surface area contributed by atoms with Crippen LogP contribution in [0.4, 0.5) is 10.1 Å². The smallest absolute Gasteiger partial charge is 0.264 e. The van der Waals surface area contributed by atoms with Crippen LogP contribution in [0.2, 0.25) is 5.02 Å². The van der Waals surface area contributed by atoms with E-state index in [0.717, 1.165) is 12.1 Å². The fourth-order valence-corrected chi connectivity index (χ4v) is 2.77. The van der Waals surface area contributed by atoms with Crippen LogP contribution in [0.15, 0.2) is 47.4 Å². The zero-order valence-electron chi connectivity index (χ0n) is 9.47. The topological polar surface area (TPSA) is 66.4 Å². The van der Waals surface area contributed by atoms with Gasteiger partial charge in [0.1, 0.15) is 16.5 Å². The highest BCUT2D eigenvalue weighted by molar-refractivity contribution is 7.92. The molecule has 0 radical (unpaired) electrons. The number of aromatic hydroxyl groups is 1. The van der Waals surface area contributed by atoms with Crippen LogP contribution < -0.4 is 4.72 Å². The number of sulfonamides is 1. The fraction of sp³-hybridized carbons (Fsp3) is 0. The Morgan fingerprint density at radius 2 is 1.84 bits per heavy atom. The lowest BCUT2D eigenvalue weighted by Crippen LogP contribution is -2.14. The number of halogens is 2. The molecule has 2 aromatic rings. The zero-order valence-corrected chi connectivity index (χ0v) is 11.0. The van der Waals surface area contributed by atoms with Crippen molar-refractivity contribution in [2.45, 2.75) is 4.90 Å². The first kappa shape index (κ1) is 13.6. The number of hydrogen-bond donors (Lipinski definition) is 2. The molecule has 2 aromatic carbocycles. The highest BCUT2D eigenvalue weighted by Crippen LogP contribution is 2.29. The molecule has 100 valence electrons. The Labute approximate surface area is 114 Å². The second-order valence-electron chi connectivity index (χ2n) is 3.70. The van der Waals surface area contributed by atoms with Gasteiger partial charge >= 0.3 is 0 Å². The summed E-state index contributed by atoms with van der Waals surface area (Å²) in [7, 11) is -4.11. The highest BCUT2D eigenvalue weighted by Gasteiger charge is 2.19. The predicted octanol–water partition coefficient (Wildman–Crippen LogP) is 2.99. The molecule has 0 fully saturated rings. The lowest BCUT2D eigenvalue weighted by molar-refractivity contribution is 0.477. The second kappa shape index (κ2) is 5.07. The van der Waals surface area contributed by atoms with Crippen LogP contribution in [0.5, 0.6) is 5.75 Å². The largest absolute Gasteiger partial charge is 0.506 e. The minimum absolute atomic E-state index is 0.0762. The van der Waals surface area contributed by atoms with Gasteiger partial charge in [0.05, 0.1) is 5.69 Å². The molecule has 0 heterocycles. The molecule has 0 unspecified atom stereocenters. The molecule has 0 aliphatic carbocycles. The van der Waals surface area contributed by atoms with E-state index in [1.54, 1.807) is 0 Å². The average molecular weight is 302 g/mol. The van der Waals surface area contributed by atoms with E-state index in [2.05, 4.69) is 4.72 Å². The Hall–Kier alpha value is -1.79. The van der Waals surface area contributed by atoms with Gasteiger partial charge < -0.3 is 5.11 Å². The third-order valence-electron chi connectivity index (χ3n) is 2.33. The monoisotopic (exact) mass is 301 g/mol. The van der Waals surface area contributed by atoms with E-state index in [9.17, 15) is 17.9 Å². The molecule has 19 heavy (non-hydrogen) atoms. The van der Waals surface area contributed by atoms with Crippen LogP contribution in [0, 0.1) is 5.82 Å². The quantitative estimate of drug-likeness (QED) is 0.857. The summed E-state index contributed by atoms with van der Waals surface area (Å²) < 4.78 is 39.5. The molecule has 0 bridgehead atoms. The molecule has 7 heteroatoms. The molecule has 0 aliphatic heterocycles. The maximum absolute atomic E-state index is 13.4. The number of benzene rings is 2. The third-order valence-corrected chi connectivity index (χ3v) is 3.96. The van der Waals surface area contributed by atoms with Gasteiger partial charge in [0.25, 0.3) is 10.0 Å². The average Bonchev–Trinajstić information content (AvgIpc) is 2.33. The van der Waals surface area contributed by atoms with E-state index in [4.69, 9.17) is 11.6 Å². The van der Waals surface area contributed by atoms with Crippen molar-refractivity contribution < 1.29 is 17.9 Å². The number of phenolic OH excluding ortho intramolecular Hbond substituents is 1. The van der Waals surface area contributed by atoms with E-state index in [-0.39, 0.29) is 16.5 Å². The van der Waals surface area contributed by atoms with Crippen LogP contribution >= 0.6 is 11.6 Å². The summed E-state index contributed by atoms with van der Waals surface area (Å²) in [6.45, 7) is 0. The first-order valence-electron chi connectivity index (χ1n) is 5.16. The molecule has 4 nitrogen and oxygen atoms in total. The minimum Gasteiger partial charge on any atom is -0.506 e. The van der Waals surface area contributed by atoms with Crippen molar-refractivity contribution in [3.63, 3.8) is 0 Å². The van der Waals surface area contributed by atoms with E-state index >= 15 is 0 Å². The Morgan fingerprint density at radius 1 is 1.16 bits per heavy atom. The van der Waals surface area contributed by atoms with Crippen LogP contribution in [-0.4, -0.2) is 13.5 Å². The fourth-order valence-electron chi connectivity index (χ4n) is 1.45. The summed E-state index contributed by atoms with van der Waals surface area (Å²) in [5, 5.41) is 9.82. The van der Waals surface area contributed by atoms with Gasteiger partial charge in [0.2, 0.25) is 0 Å². The molecule has 2 N–H and O–H groups in total. The van der Waals surface area contributed by atoms with Gasteiger partial charge in [0, 0.05) is 11.1 Å². The van der Waals surface area contributed by atoms with Crippen LogP contribution in [0.1, 0.15) is 0 Å². The van der Waals surface area contributed by atoms with Crippen LogP contribution in [-0.2, 0) is 10.0 Å². The number of anilines is 1. The maximum atomic E-state index is 13.4. The van der Waals surface area contributed by atoms with Crippen molar-refractivity contribution in [3.8, 4) is 5.75 Å². The zero-order chi connectivity index (χ0) is 14.0.